The van der Waals surface area contributed by atoms with Gasteiger partial charge in [0.15, 0.2) is 11.9 Å². The molecule has 17 heavy (non-hydrogen) atoms. The van der Waals surface area contributed by atoms with Crippen LogP contribution in [0.1, 0.15) is 41.3 Å². The second-order valence-corrected chi connectivity index (χ2v) is 4.20. The predicted octanol–water partition coefficient (Wildman–Crippen LogP) is 2.01. The number of carbonyl (C=O) groups is 1. The first kappa shape index (κ1) is 10.4. The number of imidazole rings is 1. The fourth-order valence-electron chi connectivity index (χ4n) is 2.34. The summed E-state index contributed by atoms with van der Waals surface area (Å²) in [7, 11) is 0. The lowest BCUT2D eigenvalue weighted by molar-refractivity contribution is 0.0153. The van der Waals surface area contributed by atoms with E-state index < -0.39 is 0 Å². The van der Waals surface area contributed by atoms with Crippen molar-refractivity contribution < 1.29 is 9.53 Å². The molecule has 3 heterocycles. The van der Waals surface area contributed by atoms with Crippen LogP contribution in [0.4, 0.5) is 0 Å². The van der Waals surface area contributed by atoms with Gasteiger partial charge in [-0.3, -0.25) is 4.79 Å². The number of carbonyl (C=O) groups excluding carboxylic acids is 1. The summed E-state index contributed by atoms with van der Waals surface area (Å²) in [5.74, 6) is 0. The standard InChI is InChI=1S/C12H13N3O2/c16-6-8-5-13-12-11(14-7-15-12)10(8)9-3-1-2-4-17-9/h5-7,9H,1-4H2,(H,13,14,15). The molecule has 1 atom stereocenters. The lowest BCUT2D eigenvalue weighted by atomic mass is 9.98. The second kappa shape index (κ2) is 4.25. The molecule has 0 aliphatic carbocycles. The van der Waals surface area contributed by atoms with E-state index in [9.17, 15) is 4.79 Å². The van der Waals surface area contributed by atoms with Crippen molar-refractivity contribution in [3.63, 3.8) is 0 Å². The second-order valence-electron chi connectivity index (χ2n) is 4.20. The minimum Gasteiger partial charge on any atom is -0.373 e. The van der Waals surface area contributed by atoms with E-state index in [4.69, 9.17) is 4.74 Å². The summed E-state index contributed by atoms with van der Waals surface area (Å²) in [6, 6.07) is 0. The van der Waals surface area contributed by atoms with Crippen molar-refractivity contribution in [1.29, 1.82) is 0 Å². The number of H-pyrrole nitrogens is 1. The molecular formula is C12H13N3O2. The van der Waals surface area contributed by atoms with Gasteiger partial charge in [0.25, 0.3) is 0 Å². The molecule has 5 nitrogen and oxygen atoms in total. The van der Waals surface area contributed by atoms with E-state index in [0.717, 1.165) is 43.2 Å². The minimum absolute atomic E-state index is 0.0186. The summed E-state index contributed by atoms with van der Waals surface area (Å²) in [5.41, 5.74) is 2.96. The zero-order chi connectivity index (χ0) is 11.7. The maximum Gasteiger partial charge on any atom is 0.177 e. The van der Waals surface area contributed by atoms with Crippen LogP contribution in [0.2, 0.25) is 0 Å². The van der Waals surface area contributed by atoms with Crippen LogP contribution < -0.4 is 0 Å². The first-order valence-corrected chi connectivity index (χ1v) is 5.79. The zero-order valence-electron chi connectivity index (χ0n) is 9.35. The Labute approximate surface area is 98.2 Å². The number of hydrogen-bond donors (Lipinski definition) is 1. The smallest absolute Gasteiger partial charge is 0.177 e. The van der Waals surface area contributed by atoms with Gasteiger partial charge >= 0.3 is 0 Å². The third-order valence-corrected chi connectivity index (χ3v) is 3.15. The predicted molar refractivity (Wildman–Crippen MR) is 61.8 cm³/mol. The van der Waals surface area contributed by atoms with Crippen LogP contribution in [0.3, 0.4) is 0 Å². The Morgan fingerprint density at radius 1 is 1.41 bits per heavy atom. The number of hydrogen-bond acceptors (Lipinski definition) is 4. The molecule has 2 aromatic rings. The fraction of sp³-hybridized carbons (Fsp3) is 0.417. The van der Waals surface area contributed by atoms with E-state index in [1.54, 1.807) is 12.5 Å². The summed E-state index contributed by atoms with van der Waals surface area (Å²) in [6.45, 7) is 0.751. The van der Waals surface area contributed by atoms with Gasteiger partial charge < -0.3 is 9.72 Å². The average molecular weight is 231 g/mol. The Morgan fingerprint density at radius 3 is 3.12 bits per heavy atom. The number of aldehydes is 1. The highest BCUT2D eigenvalue weighted by atomic mass is 16.5. The number of nitrogens with one attached hydrogen (secondary N) is 1. The molecule has 0 aromatic carbocycles. The van der Waals surface area contributed by atoms with Gasteiger partial charge in [0.1, 0.15) is 0 Å². The number of fused-ring (bicyclic) bond motifs is 1. The van der Waals surface area contributed by atoms with Crippen LogP contribution in [0.25, 0.3) is 11.2 Å². The highest BCUT2D eigenvalue weighted by Crippen LogP contribution is 2.32. The molecule has 3 rings (SSSR count). The van der Waals surface area contributed by atoms with Crippen molar-refractivity contribution in [2.45, 2.75) is 25.4 Å². The number of nitrogens with zero attached hydrogens (tertiary/aromatic N) is 2. The topological polar surface area (TPSA) is 67.9 Å². The molecular weight excluding hydrogens is 218 g/mol. The van der Waals surface area contributed by atoms with E-state index in [2.05, 4.69) is 15.0 Å². The molecule has 1 unspecified atom stereocenters. The number of rotatable bonds is 2. The van der Waals surface area contributed by atoms with E-state index in [-0.39, 0.29) is 6.10 Å². The highest BCUT2D eigenvalue weighted by molar-refractivity contribution is 5.86. The summed E-state index contributed by atoms with van der Waals surface area (Å²) < 4.78 is 5.75. The molecule has 5 heteroatoms. The van der Waals surface area contributed by atoms with Gasteiger partial charge in [-0.05, 0) is 19.3 Å². The quantitative estimate of drug-likeness (QED) is 0.803. The SMILES string of the molecule is O=Cc1cnc2nc[nH]c2c1C1CCCCO1. The van der Waals surface area contributed by atoms with Crippen molar-refractivity contribution in [1.82, 2.24) is 15.0 Å². The van der Waals surface area contributed by atoms with Gasteiger partial charge in [-0.2, -0.15) is 0 Å². The lowest BCUT2D eigenvalue weighted by Gasteiger charge is -2.24. The molecule has 2 aromatic heterocycles. The van der Waals surface area contributed by atoms with Crippen LogP contribution >= 0.6 is 0 Å². The fourth-order valence-corrected chi connectivity index (χ4v) is 2.34. The van der Waals surface area contributed by atoms with Crippen LogP contribution in [-0.2, 0) is 4.74 Å². The molecule has 1 aliphatic rings. The van der Waals surface area contributed by atoms with E-state index >= 15 is 0 Å². The largest absolute Gasteiger partial charge is 0.373 e. The minimum atomic E-state index is -0.0186. The van der Waals surface area contributed by atoms with Crippen molar-refractivity contribution in [2.24, 2.45) is 0 Å². The Morgan fingerprint density at radius 2 is 2.35 bits per heavy atom. The number of pyridine rings is 1. The molecule has 88 valence electrons. The molecule has 1 aliphatic heterocycles. The van der Waals surface area contributed by atoms with E-state index in [1.165, 1.54) is 0 Å². The monoisotopic (exact) mass is 231 g/mol. The van der Waals surface area contributed by atoms with Crippen molar-refractivity contribution in [3.8, 4) is 0 Å². The Bertz CT molecular complexity index is 544. The van der Waals surface area contributed by atoms with Gasteiger partial charge in [0.2, 0.25) is 0 Å². The van der Waals surface area contributed by atoms with Crippen molar-refractivity contribution >= 4 is 17.5 Å². The molecule has 0 bridgehead atoms. The summed E-state index contributed by atoms with van der Waals surface area (Å²) in [5, 5.41) is 0. The lowest BCUT2D eigenvalue weighted by Crippen LogP contribution is -2.14. The molecule has 0 amide bonds. The Balaban J connectivity index is 2.16. The maximum absolute atomic E-state index is 11.1. The van der Waals surface area contributed by atoms with Gasteiger partial charge in [-0.25, -0.2) is 9.97 Å². The first-order chi connectivity index (χ1) is 8.40. The molecule has 0 spiro atoms. The summed E-state index contributed by atoms with van der Waals surface area (Å²) in [4.78, 5) is 22.4. The zero-order valence-corrected chi connectivity index (χ0v) is 9.35. The molecule has 0 radical (unpaired) electrons. The number of ether oxygens (including phenoxy) is 1. The van der Waals surface area contributed by atoms with Gasteiger partial charge in [-0.15, -0.1) is 0 Å². The van der Waals surface area contributed by atoms with E-state index in [0.29, 0.717) is 11.2 Å². The highest BCUT2D eigenvalue weighted by Gasteiger charge is 2.22. The average Bonchev–Trinajstić information content (AvgIpc) is 2.86. The normalized spacial score (nSPS) is 20.6. The van der Waals surface area contributed by atoms with Gasteiger partial charge in [0, 0.05) is 23.9 Å². The first-order valence-electron chi connectivity index (χ1n) is 5.79. The van der Waals surface area contributed by atoms with Crippen LogP contribution in [0.15, 0.2) is 12.5 Å². The molecule has 1 N–H and O–H groups in total. The molecule has 1 saturated heterocycles. The van der Waals surface area contributed by atoms with Crippen LogP contribution in [0, 0.1) is 0 Å². The maximum atomic E-state index is 11.1. The van der Waals surface area contributed by atoms with Gasteiger partial charge in [-0.1, -0.05) is 0 Å². The van der Waals surface area contributed by atoms with Crippen molar-refractivity contribution in [2.75, 3.05) is 6.61 Å². The third kappa shape index (κ3) is 1.72. The summed E-state index contributed by atoms with van der Waals surface area (Å²) in [6.07, 6.45) is 7.14. The third-order valence-electron chi connectivity index (χ3n) is 3.15. The van der Waals surface area contributed by atoms with Crippen LogP contribution in [-0.4, -0.2) is 27.8 Å². The number of aromatic nitrogens is 3. The summed E-state index contributed by atoms with van der Waals surface area (Å²) >= 11 is 0. The van der Waals surface area contributed by atoms with Gasteiger partial charge in [0.05, 0.1) is 17.9 Å². The van der Waals surface area contributed by atoms with Crippen LogP contribution in [0.5, 0.6) is 0 Å². The van der Waals surface area contributed by atoms with Crippen molar-refractivity contribution in [3.05, 3.63) is 23.7 Å². The molecule has 1 fully saturated rings. The van der Waals surface area contributed by atoms with E-state index in [1.807, 2.05) is 0 Å². The Hall–Kier alpha value is -1.75. The number of aromatic amines is 1. The molecule has 0 saturated carbocycles. The Kier molecular flexibility index (Phi) is 2.60.